The molecule has 0 aromatic carbocycles. The van der Waals surface area contributed by atoms with Crippen molar-refractivity contribution in [2.24, 2.45) is 5.92 Å². The Balaban J connectivity index is 4.61. The van der Waals surface area contributed by atoms with Crippen LogP contribution in [0, 0.1) is 5.92 Å². The molecule has 2 atom stereocenters. The molecule has 17 heavy (non-hydrogen) atoms. The maximum atomic E-state index is 11.6. The molecular formula is C11H18O6. The Morgan fingerprint density at radius 2 is 1.76 bits per heavy atom. The molecule has 0 aromatic rings. The number of rotatable bonds is 7. The van der Waals surface area contributed by atoms with Crippen LogP contribution in [0.4, 0.5) is 0 Å². The van der Waals surface area contributed by atoms with E-state index in [2.05, 4.69) is 4.74 Å². The number of carbonyl (C=O) groups is 3. The third-order valence-electron chi connectivity index (χ3n) is 2.13. The summed E-state index contributed by atoms with van der Waals surface area (Å²) in [6.45, 7) is 5.15. The number of carbonyl (C=O) groups excluding carboxylic acids is 2. The van der Waals surface area contributed by atoms with Crippen LogP contribution in [-0.4, -0.2) is 35.7 Å². The van der Waals surface area contributed by atoms with Gasteiger partial charge in [0.25, 0.3) is 0 Å². The second kappa shape index (κ2) is 7.65. The lowest BCUT2D eigenvalue weighted by atomic mass is 10.1. The van der Waals surface area contributed by atoms with Crippen LogP contribution in [0.15, 0.2) is 0 Å². The lowest BCUT2D eigenvalue weighted by Crippen LogP contribution is -2.32. The Bertz CT molecular complexity index is 286. The first-order chi connectivity index (χ1) is 7.92. The predicted octanol–water partition coefficient (Wildman–Crippen LogP) is 0.982. The fourth-order valence-electron chi connectivity index (χ4n) is 1.04. The minimum atomic E-state index is -1.39. The number of hydrogen-bond donors (Lipinski definition) is 1. The van der Waals surface area contributed by atoms with E-state index in [4.69, 9.17) is 9.84 Å². The van der Waals surface area contributed by atoms with Gasteiger partial charge in [-0.1, -0.05) is 6.92 Å². The highest BCUT2D eigenvalue weighted by Crippen LogP contribution is 2.11. The number of esters is 2. The monoisotopic (exact) mass is 246 g/mol. The SMILES string of the molecule is CCOC(=O)C(CC(=O)O)C(=O)OC(C)CC. The topological polar surface area (TPSA) is 89.9 Å². The van der Waals surface area contributed by atoms with E-state index in [9.17, 15) is 14.4 Å². The van der Waals surface area contributed by atoms with E-state index in [0.29, 0.717) is 6.42 Å². The standard InChI is InChI=1S/C11H18O6/c1-4-7(3)17-11(15)8(6-9(12)13)10(14)16-5-2/h7-8H,4-6H2,1-3H3,(H,12,13). The molecule has 6 heteroatoms. The molecule has 0 saturated heterocycles. The second-order valence-electron chi connectivity index (χ2n) is 3.56. The van der Waals surface area contributed by atoms with Crippen LogP contribution < -0.4 is 0 Å². The smallest absolute Gasteiger partial charge is 0.321 e. The summed E-state index contributed by atoms with van der Waals surface area (Å²) in [6.07, 6.45) is -0.379. The zero-order valence-corrected chi connectivity index (χ0v) is 10.3. The molecule has 0 rings (SSSR count). The molecule has 0 spiro atoms. The Morgan fingerprint density at radius 3 is 2.18 bits per heavy atom. The molecule has 0 aliphatic rings. The molecule has 0 aliphatic heterocycles. The van der Waals surface area contributed by atoms with Gasteiger partial charge in [0.15, 0.2) is 5.92 Å². The minimum absolute atomic E-state index is 0.0889. The Morgan fingerprint density at radius 1 is 1.18 bits per heavy atom. The second-order valence-corrected chi connectivity index (χ2v) is 3.56. The fourth-order valence-corrected chi connectivity index (χ4v) is 1.04. The van der Waals surface area contributed by atoms with E-state index in [1.165, 1.54) is 0 Å². The highest BCUT2D eigenvalue weighted by Gasteiger charge is 2.32. The summed E-state index contributed by atoms with van der Waals surface area (Å²) in [7, 11) is 0. The number of carboxylic acids is 1. The number of carboxylic acid groups (broad SMARTS) is 1. The van der Waals surface area contributed by atoms with Crippen molar-refractivity contribution in [3.63, 3.8) is 0 Å². The van der Waals surface area contributed by atoms with Gasteiger partial charge in [0.05, 0.1) is 19.1 Å². The van der Waals surface area contributed by atoms with Crippen molar-refractivity contribution < 1.29 is 29.0 Å². The summed E-state index contributed by atoms with van der Waals surface area (Å²) in [5.74, 6) is -4.34. The Labute approximate surface area is 99.9 Å². The molecule has 0 bridgehead atoms. The van der Waals surface area contributed by atoms with Gasteiger partial charge in [0.2, 0.25) is 0 Å². The lowest BCUT2D eigenvalue weighted by molar-refractivity contribution is -0.168. The molecule has 0 radical (unpaired) electrons. The van der Waals surface area contributed by atoms with Gasteiger partial charge in [-0.15, -0.1) is 0 Å². The molecule has 0 saturated carbocycles. The van der Waals surface area contributed by atoms with E-state index in [1.54, 1.807) is 13.8 Å². The van der Waals surface area contributed by atoms with Crippen molar-refractivity contribution in [3.05, 3.63) is 0 Å². The maximum absolute atomic E-state index is 11.6. The summed E-state index contributed by atoms with van der Waals surface area (Å²) in [4.78, 5) is 33.5. The Kier molecular flexibility index (Phi) is 6.93. The third-order valence-corrected chi connectivity index (χ3v) is 2.13. The van der Waals surface area contributed by atoms with Crippen molar-refractivity contribution >= 4 is 17.9 Å². The van der Waals surface area contributed by atoms with Crippen LogP contribution in [0.1, 0.15) is 33.6 Å². The minimum Gasteiger partial charge on any atom is -0.481 e. The number of ether oxygens (including phenoxy) is 2. The first-order valence-electron chi connectivity index (χ1n) is 5.51. The largest absolute Gasteiger partial charge is 0.481 e. The van der Waals surface area contributed by atoms with E-state index in [1.807, 2.05) is 6.92 Å². The molecule has 0 heterocycles. The van der Waals surface area contributed by atoms with Gasteiger partial charge < -0.3 is 14.6 Å². The first-order valence-corrected chi connectivity index (χ1v) is 5.51. The van der Waals surface area contributed by atoms with Crippen molar-refractivity contribution in [2.75, 3.05) is 6.61 Å². The van der Waals surface area contributed by atoms with Crippen LogP contribution in [0.5, 0.6) is 0 Å². The molecule has 0 aromatic heterocycles. The highest BCUT2D eigenvalue weighted by atomic mass is 16.6. The molecule has 2 unspecified atom stereocenters. The summed E-state index contributed by atoms with van der Waals surface area (Å²) in [5, 5.41) is 8.63. The van der Waals surface area contributed by atoms with Gasteiger partial charge in [-0.3, -0.25) is 14.4 Å². The Hall–Kier alpha value is -1.59. The van der Waals surface area contributed by atoms with Gasteiger partial charge in [-0.25, -0.2) is 0 Å². The van der Waals surface area contributed by atoms with Gasteiger partial charge >= 0.3 is 17.9 Å². The highest BCUT2D eigenvalue weighted by molar-refractivity contribution is 5.97. The number of hydrogen-bond acceptors (Lipinski definition) is 5. The normalized spacial score (nSPS) is 13.6. The van der Waals surface area contributed by atoms with E-state index >= 15 is 0 Å². The molecule has 1 N–H and O–H groups in total. The number of aliphatic carboxylic acids is 1. The predicted molar refractivity (Wildman–Crippen MR) is 58.2 cm³/mol. The van der Waals surface area contributed by atoms with Crippen molar-refractivity contribution in [1.29, 1.82) is 0 Å². The molecule has 0 amide bonds. The summed E-state index contributed by atoms with van der Waals surface area (Å²) in [6, 6.07) is 0. The zero-order valence-electron chi connectivity index (χ0n) is 10.3. The van der Waals surface area contributed by atoms with Crippen LogP contribution in [0.2, 0.25) is 0 Å². The fraction of sp³-hybridized carbons (Fsp3) is 0.727. The molecule has 0 fully saturated rings. The summed E-state index contributed by atoms with van der Waals surface area (Å²) < 4.78 is 9.57. The van der Waals surface area contributed by atoms with Crippen molar-refractivity contribution in [3.8, 4) is 0 Å². The zero-order chi connectivity index (χ0) is 13.4. The maximum Gasteiger partial charge on any atom is 0.321 e. The molecule has 0 aliphatic carbocycles. The average molecular weight is 246 g/mol. The van der Waals surface area contributed by atoms with E-state index < -0.39 is 30.2 Å². The third kappa shape index (κ3) is 5.89. The summed E-state index contributed by atoms with van der Waals surface area (Å²) >= 11 is 0. The molecule has 98 valence electrons. The lowest BCUT2D eigenvalue weighted by Gasteiger charge is -2.16. The first kappa shape index (κ1) is 15.4. The van der Waals surface area contributed by atoms with Crippen LogP contribution in [-0.2, 0) is 23.9 Å². The van der Waals surface area contributed by atoms with Gasteiger partial charge in [-0.05, 0) is 20.3 Å². The van der Waals surface area contributed by atoms with E-state index in [0.717, 1.165) is 0 Å². The van der Waals surface area contributed by atoms with Crippen LogP contribution in [0.3, 0.4) is 0 Å². The van der Waals surface area contributed by atoms with Crippen LogP contribution in [0.25, 0.3) is 0 Å². The van der Waals surface area contributed by atoms with Gasteiger partial charge in [-0.2, -0.15) is 0 Å². The molecule has 6 nitrogen and oxygen atoms in total. The van der Waals surface area contributed by atoms with Crippen molar-refractivity contribution in [2.45, 2.75) is 39.7 Å². The van der Waals surface area contributed by atoms with Crippen LogP contribution >= 0.6 is 0 Å². The van der Waals surface area contributed by atoms with Crippen molar-refractivity contribution in [1.82, 2.24) is 0 Å². The molecular weight excluding hydrogens is 228 g/mol. The van der Waals surface area contributed by atoms with Gasteiger partial charge in [0.1, 0.15) is 0 Å². The summed E-state index contributed by atoms with van der Waals surface area (Å²) in [5.41, 5.74) is 0. The van der Waals surface area contributed by atoms with Gasteiger partial charge in [0, 0.05) is 0 Å². The average Bonchev–Trinajstić information content (AvgIpc) is 2.25. The quantitative estimate of drug-likeness (QED) is 0.532. The van der Waals surface area contributed by atoms with E-state index in [-0.39, 0.29) is 12.7 Å².